The molecule has 6 nitrogen and oxygen atoms in total. The number of hydrogen-bond donors (Lipinski definition) is 0. The molecule has 0 aromatic heterocycles. The van der Waals surface area contributed by atoms with Crippen LogP contribution >= 0.6 is 11.8 Å². The summed E-state index contributed by atoms with van der Waals surface area (Å²) < 4.78 is 30.3. The summed E-state index contributed by atoms with van der Waals surface area (Å²) in [5, 5.41) is 0.482. The van der Waals surface area contributed by atoms with Gasteiger partial charge in [-0.15, -0.1) is 0 Å². The number of thioether (sulfide) groups is 1. The van der Waals surface area contributed by atoms with E-state index in [1.165, 1.54) is 11.8 Å². The second kappa shape index (κ2) is 9.04. The van der Waals surface area contributed by atoms with E-state index in [-0.39, 0.29) is 34.6 Å². The Labute approximate surface area is 187 Å². The van der Waals surface area contributed by atoms with Gasteiger partial charge in [-0.25, -0.2) is 8.42 Å². The van der Waals surface area contributed by atoms with Crippen LogP contribution in [0.25, 0.3) is 0 Å². The highest BCUT2D eigenvalue weighted by molar-refractivity contribution is 8.16. The molecule has 4 rings (SSSR count). The van der Waals surface area contributed by atoms with Gasteiger partial charge < -0.3 is 9.64 Å². The molecular formula is C23H26N2O4S2. The monoisotopic (exact) mass is 458 g/mol. The van der Waals surface area contributed by atoms with E-state index >= 15 is 0 Å². The lowest BCUT2D eigenvalue weighted by atomic mass is 10.1. The average Bonchev–Trinajstić information content (AvgIpc) is 3.23. The molecule has 0 unspecified atom stereocenters. The van der Waals surface area contributed by atoms with Gasteiger partial charge in [0.25, 0.3) is 5.91 Å². The summed E-state index contributed by atoms with van der Waals surface area (Å²) in [6.07, 6.45) is 0.717. The Bertz CT molecular complexity index is 1070. The molecule has 0 N–H and O–H groups in total. The topological polar surface area (TPSA) is 76.0 Å². The number of anilines is 1. The van der Waals surface area contributed by atoms with Crippen molar-refractivity contribution in [3.8, 4) is 5.75 Å². The number of nitrogens with zero attached hydrogens (tertiary/aromatic N) is 2. The van der Waals surface area contributed by atoms with Gasteiger partial charge in [0.15, 0.2) is 15.0 Å². The van der Waals surface area contributed by atoms with Gasteiger partial charge in [-0.05, 0) is 36.2 Å². The van der Waals surface area contributed by atoms with Gasteiger partial charge in [0.2, 0.25) is 0 Å². The zero-order chi connectivity index (χ0) is 22.0. The number of sulfone groups is 1. The first-order chi connectivity index (χ1) is 14.9. The fraction of sp³-hybridized carbons (Fsp3) is 0.391. The summed E-state index contributed by atoms with van der Waals surface area (Å²) in [6, 6.07) is 17.3. The normalized spacial score (nSPS) is 24.2. The first kappa shape index (κ1) is 21.9. The molecule has 2 aliphatic rings. The van der Waals surface area contributed by atoms with Gasteiger partial charge in [0.1, 0.15) is 12.4 Å². The third kappa shape index (κ3) is 4.96. The maximum Gasteiger partial charge on any atom is 0.250 e. The molecular weight excluding hydrogens is 432 g/mol. The molecule has 8 heteroatoms. The molecule has 2 aromatic rings. The minimum absolute atomic E-state index is 0.0769. The smallest absolute Gasteiger partial charge is 0.250 e. The standard InChI is InChI=1S/C23H26N2O4S2/c1-3-16(2)22(26)24-23-25(20-14-31(27,28)15-21(20)30-23)18-9-11-19(12-10-18)29-13-17-7-5-4-6-8-17/h4-12,16,20-21H,3,13-15H2,1-2H3/t16-,20+,21+/m1/s1. The van der Waals surface area contributed by atoms with Crippen LogP contribution in [-0.4, -0.2) is 42.3 Å². The largest absolute Gasteiger partial charge is 0.489 e. The zero-order valence-corrected chi connectivity index (χ0v) is 19.2. The summed E-state index contributed by atoms with van der Waals surface area (Å²) in [4.78, 5) is 18.8. The van der Waals surface area contributed by atoms with Crippen molar-refractivity contribution in [1.82, 2.24) is 0 Å². The van der Waals surface area contributed by atoms with Crippen LogP contribution in [0, 0.1) is 5.92 Å². The number of carbonyl (C=O) groups is 1. The number of carbonyl (C=O) groups excluding carboxylic acids is 1. The number of amidine groups is 1. The minimum Gasteiger partial charge on any atom is -0.489 e. The van der Waals surface area contributed by atoms with E-state index in [0.717, 1.165) is 23.4 Å². The number of aliphatic imine (C=N–C) groups is 1. The van der Waals surface area contributed by atoms with E-state index in [4.69, 9.17) is 4.74 Å². The van der Waals surface area contributed by atoms with Gasteiger partial charge in [0, 0.05) is 16.9 Å². The Morgan fingerprint density at radius 1 is 1.16 bits per heavy atom. The van der Waals surface area contributed by atoms with Crippen molar-refractivity contribution in [3.05, 3.63) is 60.2 Å². The molecule has 0 saturated carbocycles. The van der Waals surface area contributed by atoms with Crippen LogP contribution in [0.1, 0.15) is 25.8 Å². The summed E-state index contributed by atoms with van der Waals surface area (Å²) in [5.74, 6) is 0.596. The molecule has 2 fully saturated rings. The van der Waals surface area contributed by atoms with Crippen LogP contribution in [0.15, 0.2) is 59.6 Å². The number of amides is 1. The van der Waals surface area contributed by atoms with E-state index in [1.54, 1.807) is 0 Å². The van der Waals surface area contributed by atoms with Crippen molar-refractivity contribution in [1.29, 1.82) is 0 Å². The van der Waals surface area contributed by atoms with Crippen LogP contribution in [0.4, 0.5) is 5.69 Å². The molecule has 0 bridgehead atoms. The van der Waals surface area contributed by atoms with Gasteiger partial charge in [-0.1, -0.05) is 55.9 Å². The first-order valence-electron chi connectivity index (χ1n) is 10.4. The maximum absolute atomic E-state index is 12.5. The van der Waals surface area contributed by atoms with E-state index in [2.05, 4.69) is 4.99 Å². The van der Waals surface area contributed by atoms with Crippen molar-refractivity contribution in [2.75, 3.05) is 16.4 Å². The molecule has 31 heavy (non-hydrogen) atoms. The quantitative estimate of drug-likeness (QED) is 0.653. The van der Waals surface area contributed by atoms with Gasteiger partial charge in [0.05, 0.1) is 17.5 Å². The summed E-state index contributed by atoms with van der Waals surface area (Å²) in [7, 11) is -3.09. The van der Waals surface area contributed by atoms with Crippen LogP contribution in [0.5, 0.6) is 5.75 Å². The van der Waals surface area contributed by atoms with E-state index in [0.29, 0.717) is 11.8 Å². The lowest BCUT2D eigenvalue weighted by Crippen LogP contribution is -2.37. The summed E-state index contributed by atoms with van der Waals surface area (Å²) in [6.45, 7) is 4.29. The van der Waals surface area contributed by atoms with Crippen LogP contribution in [0.3, 0.4) is 0 Å². The van der Waals surface area contributed by atoms with Crippen LogP contribution in [0.2, 0.25) is 0 Å². The number of rotatable bonds is 6. The fourth-order valence-electron chi connectivity index (χ4n) is 3.69. The Balaban J connectivity index is 1.56. The predicted octanol–water partition coefficient (Wildman–Crippen LogP) is 3.91. The van der Waals surface area contributed by atoms with Gasteiger partial charge in [-0.2, -0.15) is 4.99 Å². The number of fused-ring (bicyclic) bond motifs is 1. The fourth-order valence-corrected chi connectivity index (χ4v) is 7.61. The maximum atomic E-state index is 12.5. The predicted molar refractivity (Wildman–Crippen MR) is 125 cm³/mol. The van der Waals surface area contributed by atoms with Gasteiger partial charge >= 0.3 is 0 Å². The second-order valence-corrected chi connectivity index (χ2v) is 11.3. The highest BCUT2D eigenvalue weighted by Crippen LogP contribution is 2.41. The van der Waals surface area contributed by atoms with Crippen molar-refractivity contribution in [2.45, 2.75) is 38.2 Å². The number of benzene rings is 2. The average molecular weight is 459 g/mol. The third-order valence-electron chi connectivity index (χ3n) is 5.67. The highest BCUT2D eigenvalue weighted by atomic mass is 32.2. The SMILES string of the molecule is CC[C@@H](C)C(=O)N=C1S[C@H]2CS(=O)(=O)C[C@@H]2N1c1ccc(OCc2ccccc2)cc1. The molecule has 3 atom stereocenters. The Kier molecular flexibility index (Phi) is 6.39. The van der Waals surface area contributed by atoms with Crippen molar-refractivity contribution in [2.24, 2.45) is 10.9 Å². The van der Waals surface area contributed by atoms with E-state index in [1.807, 2.05) is 73.3 Å². The molecule has 164 valence electrons. The zero-order valence-electron chi connectivity index (χ0n) is 17.6. The number of ether oxygens (including phenoxy) is 1. The molecule has 0 spiro atoms. The minimum atomic E-state index is -3.09. The summed E-state index contributed by atoms with van der Waals surface area (Å²) >= 11 is 1.40. The van der Waals surface area contributed by atoms with Crippen molar-refractivity contribution in [3.63, 3.8) is 0 Å². The molecule has 2 saturated heterocycles. The second-order valence-electron chi connectivity index (χ2n) is 7.98. The molecule has 2 heterocycles. The van der Waals surface area contributed by atoms with Gasteiger partial charge in [-0.3, -0.25) is 4.79 Å². The van der Waals surface area contributed by atoms with Crippen LogP contribution in [-0.2, 0) is 21.2 Å². The van der Waals surface area contributed by atoms with Crippen LogP contribution < -0.4 is 9.64 Å². The highest BCUT2D eigenvalue weighted by Gasteiger charge is 2.49. The summed E-state index contributed by atoms with van der Waals surface area (Å²) in [5.41, 5.74) is 1.90. The lowest BCUT2D eigenvalue weighted by Gasteiger charge is -2.25. The Morgan fingerprint density at radius 2 is 1.87 bits per heavy atom. The number of hydrogen-bond acceptors (Lipinski definition) is 5. The Hall–Kier alpha value is -2.32. The Morgan fingerprint density at radius 3 is 2.55 bits per heavy atom. The lowest BCUT2D eigenvalue weighted by molar-refractivity contribution is -0.121. The van der Waals surface area contributed by atoms with Crippen molar-refractivity contribution >= 4 is 38.4 Å². The third-order valence-corrected chi connectivity index (χ3v) is 8.88. The molecule has 2 aromatic carbocycles. The van der Waals surface area contributed by atoms with E-state index < -0.39 is 9.84 Å². The molecule has 0 aliphatic carbocycles. The van der Waals surface area contributed by atoms with Crippen molar-refractivity contribution < 1.29 is 17.9 Å². The molecule has 0 radical (unpaired) electrons. The van der Waals surface area contributed by atoms with E-state index in [9.17, 15) is 13.2 Å². The molecule has 1 amide bonds. The molecule has 2 aliphatic heterocycles. The first-order valence-corrected chi connectivity index (χ1v) is 13.1.